The fourth-order valence-electron chi connectivity index (χ4n) is 2.70. The molecule has 0 aromatic carbocycles. The van der Waals surface area contributed by atoms with Crippen molar-refractivity contribution in [3.05, 3.63) is 29.6 Å². The van der Waals surface area contributed by atoms with E-state index >= 15 is 0 Å². The number of pyridine rings is 1. The highest BCUT2D eigenvalue weighted by Crippen LogP contribution is 2.34. The van der Waals surface area contributed by atoms with Gasteiger partial charge in [-0.1, -0.05) is 6.92 Å². The lowest BCUT2D eigenvalue weighted by Crippen LogP contribution is -2.45. The van der Waals surface area contributed by atoms with Crippen molar-refractivity contribution < 1.29 is 22.7 Å². The van der Waals surface area contributed by atoms with Crippen molar-refractivity contribution in [2.45, 2.75) is 31.4 Å². The summed E-state index contributed by atoms with van der Waals surface area (Å²) in [5.74, 6) is -0.454. The molecule has 22 heavy (non-hydrogen) atoms. The molecule has 122 valence electrons. The number of carbonyl (C=O) groups excluding carboxylic acids is 1. The summed E-state index contributed by atoms with van der Waals surface area (Å²) in [5.41, 5.74) is 0.896. The van der Waals surface area contributed by atoms with Crippen LogP contribution in [0.1, 0.15) is 35.8 Å². The van der Waals surface area contributed by atoms with E-state index in [4.69, 9.17) is 0 Å². The minimum atomic E-state index is -4.16. The lowest BCUT2D eigenvalue weighted by Gasteiger charge is -2.39. The van der Waals surface area contributed by atoms with E-state index in [2.05, 4.69) is 9.72 Å². The number of alkyl halides is 3. The van der Waals surface area contributed by atoms with Crippen molar-refractivity contribution in [1.82, 2.24) is 9.88 Å². The van der Waals surface area contributed by atoms with Crippen LogP contribution < -0.4 is 0 Å². The fourth-order valence-corrected chi connectivity index (χ4v) is 2.70. The van der Waals surface area contributed by atoms with E-state index < -0.39 is 18.7 Å². The van der Waals surface area contributed by atoms with E-state index in [1.165, 1.54) is 18.2 Å². The summed E-state index contributed by atoms with van der Waals surface area (Å²) < 4.78 is 41.8. The maximum Gasteiger partial charge on any atom is 0.401 e. The van der Waals surface area contributed by atoms with Crippen LogP contribution in [0.15, 0.2) is 18.3 Å². The Kier molecular flexibility index (Phi) is 4.75. The molecule has 0 bridgehead atoms. The summed E-state index contributed by atoms with van der Waals surface area (Å²) in [6.07, 6.45) is -1.50. The molecule has 1 fully saturated rings. The van der Waals surface area contributed by atoms with Crippen LogP contribution in [-0.2, 0) is 10.2 Å². The summed E-state index contributed by atoms with van der Waals surface area (Å²) in [6.45, 7) is 1.91. The molecular weight excluding hydrogens is 297 g/mol. The Hall–Kier alpha value is -1.63. The van der Waals surface area contributed by atoms with Gasteiger partial charge >= 0.3 is 12.1 Å². The van der Waals surface area contributed by atoms with E-state index in [1.807, 2.05) is 6.92 Å². The number of hydrogen-bond acceptors (Lipinski definition) is 4. The Morgan fingerprint density at radius 3 is 2.45 bits per heavy atom. The van der Waals surface area contributed by atoms with Crippen LogP contribution in [0.5, 0.6) is 0 Å². The molecule has 0 spiro atoms. The first-order chi connectivity index (χ1) is 10.2. The zero-order valence-corrected chi connectivity index (χ0v) is 12.6. The quantitative estimate of drug-likeness (QED) is 0.804. The van der Waals surface area contributed by atoms with Gasteiger partial charge in [-0.25, -0.2) is 4.79 Å². The molecule has 1 aliphatic rings. The van der Waals surface area contributed by atoms with E-state index in [-0.39, 0.29) is 5.41 Å². The number of likely N-dealkylation sites (tertiary alicyclic amines) is 1. The Labute approximate surface area is 127 Å². The van der Waals surface area contributed by atoms with Gasteiger partial charge in [-0.05, 0) is 38.1 Å². The highest BCUT2D eigenvalue weighted by atomic mass is 19.4. The smallest absolute Gasteiger partial charge is 0.401 e. The number of halogens is 3. The molecule has 1 aromatic heterocycles. The summed E-state index contributed by atoms with van der Waals surface area (Å²) in [4.78, 5) is 17.1. The van der Waals surface area contributed by atoms with Gasteiger partial charge in [0.15, 0.2) is 0 Å². The summed E-state index contributed by atoms with van der Waals surface area (Å²) in [7, 11) is 1.30. The molecule has 2 rings (SSSR count). The average molecular weight is 316 g/mol. The Bertz CT molecular complexity index is 521. The number of piperidine rings is 1. The number of aromatic nitrogens is 1. The van der Waals surface area contributed by atoms with Gasteiger partial charge in [0.05, 0.1) is 19.2 Å². The van der Waals surface area contributed by atoms with Crippen molar-refractivity contribution in [3.8, 4) is 0 Å². The molecule has 1 aromatic rings. The highest BCUT2D eigenvalue weighted by Gasteiger charge is 2.37. The number of methoxy groups -OCH3 is 1. The number of carbonyl (C=O) groups is 1. The molecule has 1 saturated heterocycles. The monoisotopic (exact) mass is 316 g/mol. The second-order valence-corrected chi connectivity index (χ2v) is 5.88. The molecule has 7 heteroatoms. The van der Waals surface area contributed by atoms with Crippen molar-refractivity contribution in [2.75, 3.05) is 26.7 Å². The van der Waals surface area contributed by atoms with Crippen LogP contribution in [0, 0.1) is 0 Å². The van der Waals surface area contributed by atoms with Crippen LogP contribution in [0.4, 0.5) is 13.2 Å². The summed E-state index contributed by atoms with van der Waals surface area (Å²) in [5, 5.41) is 0. The second-order valence-electron chi connectivity index (χ2n) is 5.88. The van der Waals surface area contributed by atoms with Gasteiger partial charge < -0.3 is 4.74 Å². The standard InChI is InChI=1S/C15H19F3N2O2/c1-14(5-7-20(8-6-14)10-15(16,17)18)12-4-3-11(9-19-12)13(21)22-2/h3-4,9H,5-8,10H2,1-2H3. The zero-order valence-electron chi connectivity index (χ0n) is 12.6. The molecule has 0 radical (unpaired) electrons. The third kappa shape index (κ3) is 3.97. The first-order valence-corrected chi connectivity index (χ1v) is 7.07. The van der Waals surface area contributed by atoms with Gasteiger partial charge in [0.1, 0.15) is 0 Å². The van der Waals surface area contributed by atoms with Crippen LogP contribution in [-0.4, -0.2) is 48.8 Å². The van der Waals surface area contributed by atoms with Gasteiger partial charge in [-0.2, -0.15) is 13.2 Å². The molecule has 4 nitrogen and oxygen atoms in total. The third-order valence-electron chi connectivity index (χ3n) is 4.17. The van der Waals surface area contributed by atoms with Crippen LogP contribution in [0.3, 0.4) is 0 Å². The SMILES string of the molecule is COC(=O)c1ccc(C2(C)CCN(CC(F)(F)F)CC2)nc1. The lowest BCUT2D eigenvalue weighted by molar-refractivity contribution is -0.149. The molecular formula is C15H19F3N2O2. The van der Waals surface area contributed by atoms with Gasteiger partial charge in [0.2, 0.25) is 0 Å². The lowest BCUT2D eigenvalue weighted by atomic mass is 9.77. The second kappa shape index (κ2) is 6.24. The van der Waals surface area contributed by atoms with Crippen molar-refractivity contribution in [1.29, 1.82) is 0 Å². The predicted molar refractivity (Wildman–Crippen MR) is 74.7 cm³/mol. The molecule has 0 aliphatic carbocycles. The summed E-state index contributed by atoms with van der Waals surface area (Å²) >= 11 is 0. The summed E-state index contributed by atoms with van der Waals surface area (Å²) in [6, 6.07) is 3.40. The van der Waals surface area contributed by atoms with Crippen molar-refractivity contribution >= 4 is 5.97 Å². The Morgan fingerprint density at radius 2 is 2.00 bits per heavy atom. The van der Waals surface area contributed by atoms with Crippen LogP contribution in [0.25, 0.3) is 0 Å². The Balaban J connectivity index is 2.02. The van der Waals surface area contributed by atoms with Crippen molar-refractivity contribution in [3.63, 3.8) is 0 Å². The van der Waals surface area contributed by atoms with Gasteiger partial charge in [-0.3, -0.25) is 9.88 Å². The van der Waals surface area contributed by atoms with E-state index in [1.54, 1.807) is 12.1 Å². The molecule has 0 saturated carbocycles. The largest absolute Gasteiger partial charge is 0.465 e. The minimum Gasteiger partial charge on any atom is -0.465 e. The first-order valence-electron chi connectivity index (χ1n) is 7.07. The molecule has 0 atom stereocenters. The number of rotatable bonds is 3. The number of nitrogens with zero attached hydrogens (tertiary/aromatic N) is 2. The van der Waals surface area contributed by atoms with Gasteiger partial charge in [-0.15, -0.1) is 0 Å². The minimum absolute atomic E-state index is 0.267. The zero-order chi connectivity index (χ0) is 16.4. The molecule has 2 heterocycles. The molecule has 0 unspecified atom stereocenters. The number of esters is 1. The van der Waals surface area contributed by atoms with E-state index in [9.17, 15) is 18.0 Å². The van der Waals surface area contributed by atoms with E-state index in [0.717, 1.165) is 5.69 Å². The average Bonchev–Trinajstić information content (AvgIpc) is 2.48. The maximum absolute atomic E-state index is 12.4. The van der Waals surface area contributed by atoms with Crippen LogP contribution >= 0.6 is 0 Å². The number of hydrogen-bond donors (Lipinski definition) is 0. The van der Waals surface area contributed by atoms with Crippen molar-refractivity contribution in [2.24, 2.45) is 0 Å². The fraction of sp³-hybridized carbons (Fsp3) is 0.600. The van der Waals surface area contributed by atoms with Crippen LogP contribution in [0.2, 0.25) is 0 Å². The third-order valence-corrected chi connectivity index (χ3v) is 4.17. The maximum atomic E-state index is 12.4. The predicted octanol–water partition coefficient (Wildman–Crippen LogP) is 2.78. The Morgan fingerprint density at radius 1 is 1.36 bits per heavy atom. The van der Waals surface area contributed by atoms with Gasteiger partial charge in [0, 0.05) is 17.3 Å². The van der Waals surface area contributed by atoms with E-state index in [0.29, 0.717) is 31.5 Å². The van der Waals surface area contributed by atoms with Gasteiger partial charge in [0.25, 0.3) is 0 Å². The topological polar surface area (TPSA) is 42.4 Å². The molecule has 0 amide bonds. The normalized spacial score (nSPS) is 19.0. The molecule has 0 N–H and O–H groups in total. The number of ether oxygens (including phenoxy) is 1. The molecule has 1 aliphatic heterocycles. The highest BCUT2D eigenvalue weighted by molar-refractivity contribution is 5.88. The first kappa shape index (κ1) is 16.7.